The van der Waals surface area contributed by atoms with Crippen molar-refractivity contribution in [1.29, 1.82) is 0 Å². The van der Waals surface area contributed by atoms with E-state index in [4.69, 9.17) is 11.6 Å². The maximum absolute atomic E-state index is 11.5. The smallest absolute Gasteiger partial charge is 0.220 e. The summed E-state index contributed by atoms with van der Waals surface area (Å²) in [6.07, 6.45) is 2.07. The molecule has 0 bridgehead atoms. The molecule has 1 amide bonds. The molecule has 0 aromatic heterocycles. The lowest BCUT2D eigenvalue weighted by atomic mass is 10.1. The van der Waals surface area contributed by atoms with Crippen molar-refractivity contribution in [2.24, 2.45) is 0 Å². The molecule has 18 heavy (non-hydrogen) atoms. The van der Waals surface area contributed by atoms with Crippen molar-refractivity contribution in [1.82, 2.24) is 5.32 Å². The third-order valence-corrected chi connectivity index (χ3v) is 2.71. The molecule has 0 aliphatic heterocycles. The lowest BCUT2D eigenvalue weighted by Gasteiger charge is -2.17. The molecule has 3 nitrogen and oxygen atoms in total. The summed E-state index contributed by atoms with van der Waals surface area (Å²) < 4.78 is 0. The molecule has 0 spiro atoms. The zero-order chi connectivity index (χ0) is 13.6. The average Bonchev–Trinajstić information content (AvgIpc) is 2.25. The van der Waals surface area contributed by atoms with Gasteiger partial charge in [-0.05, 0) is 44.4 Å². The van der Waals surface area contributed by atoms with Crippen LogP contribution in [-0.4, -0.2) is 23.2 Å². The molecule has 100 valence electrons. The van der Waals surface area contributed by atoms with Crippen molar-refractivity contribution in [3.63, 3.8) is 0 Å². The van der Waals surface area contributed by atoms with Gasteiger partial charge in [-0.3, -0.25) is 4.79 Å². The van der Waals surface area contributed by atoms with Gasteiger partial charge in [0.15, 0.2) is 0 Å². The van der Waals surface area contributed by atoms with Crippen molar-refractivity contribution in [2.45, 2.75) is 38.7 Å². The Morgan fingerprint density at radius 1 is 1.44 bits per heavy atom. The number of benzene rings is 1. The first-order valence-corrected chi connectivity index (χ1v) is 6.48. The van der Waals surface area contributed by atoms with E-state index in [0.717, 1.165) is 23.4 Å². The fourth-order valence-corrected chi connectivity index (χ4v) is 1.76. The van der Waals surface area contributed by atoms with Crippen molar-refractivity contribution < 1.29 is 9.90 Å². The maximum Gasteiger partial charge on any atom is 0.220 e. The molecule has 1 aromatic carbocycles. The van der Waals surface area contributed by atoms with Gasteiger partial charge in [-0.15, -0.1) is 0 Å². The Kier molecular flexibility index (Phi) is 5.63. The number of amides is 1. The molecule has 0 saturated heterocycles. The van der Waals surface area contributed by atoms with Gasteiger partial charge in [0.1, 0.15) is 0 Å². The predicted octanol–water partition coefficient (Wildman–Crippen LogP) is 2.55. The summed E-state index contributed by atoms with van der Waals surface area (Å²) in [5, 5.41) is 12.9. The fourth-order valence-electron chi connectivity index (χ4n) is 1.55. The molecule has 2 N–H and O–H groups in total. The highest BCUT2D eigenvalue weighted by atomic mass is 35.5. The second kappa shape index (κ2) is 6.76. The van der Waals surface area contributed by atoms with E-state index in [1.165, 1.54) is 0 Å². The zero-order valence-electron chi connectivity index (χ0n) is 10.9. The molecule has 0 heterocycles. The van der Waals surface area contributed by atoms with Gasteiger partial charge in [0, 0.05) is 18.0 Å². The fraction of sp³-hybridized carbons (Fsp3) is 0.500. The minimum atomic E-state index is -0.859. The predicted molar refractivity (Wildman–Crippen MR) is 73.7 cm³/mol. The molecule has 0 atom stereocenters. The Morgan fingerprint density at radius 2 is 2.17 bits per heavy atom. The minimum Gasteiger partial charge on any atom is -0.389 e. The number of carbonyl (C=O) groups excluding carboxylic acids is 1. The van der Waals surface area contributed by atoms with Gasteiger partial charge in [0.2, 0.25) is 5.91 Å². The monoisotopic (exact) mass is 269 g/mol. The number of aryl methyl sites for hydroxylation is 1. The van der Waals surface area contributed by atoms with Crippen LogP contribution in [0.2, 0.25) is 5.02 Å². The van der Waals surface area contributed by atoms with Crippen molar-refractivity contribution in [3.05, 3.63) is 34.9 Å². The molecule has 0 saturated carbocycles. The molecule has 0 aliphatic rings. The van der Waals surface area contributed by atoms with Crippen molar-refractivity contribution in [3.8, 4) is 0 Å². The number of rotatable bonds is 6. The molecule has 1 rings (SSSR count). The third-order valence-electron chi connectivity index (χ3n) is 2.48. The topological polar surface area (TPSA) is 49.3 Å². The van der Waals surface area contributed by atoms with Crippen LogP contribution in [0.1, 0.15) is 32.3 Å². The van der Waals surface area contributed by atoms with Gasteiger partial charge in [-0.2, -0.15) is 0 Å². The Labute approximate surface area is 113 Å². The highest BCUT2D eigenvalue weighted by Crippen LogP contribution is 2.12. The number of aliphatic hydroxyl groups is 1. The van der Waals surface area contributed by atoms with E-state index in [0.29, 0.717) is 6.42 Å². The third kappa shape index (κ3) is 6.62. The highest BCUT2D eigenvalue weighted by molar-refractivity contribution is 6.30. The Morgan fingerprint density at radius 3 is 2.78 bits per heavy atom. The van der Waals surface area contributed by atoms with Gasteiger partial charge in [0.25, 0.3) is 0 Å². The Hall–Kier alpha value is -1.06. The van der Waals surface area contributed by atoms with Crippen molar-refractivity contribution in [2.75, 3.05) is 6.54 Å². The van der Waals surface area contributed by atoms with Crippen molar-refractivity contribution >= 4 is 17.5 Å². The van der Waals surface area contributed by atoms with Crippen LogP contribution in [-0.2, 0) is 11.2 Å². The molecule has 0 aliphatic carbocycles. The number of carbonyl (C=O) groups is 1. The highest BCUT2D eigenvalue weighted by Gasteiger charge is 2.13. The summed E-state index contributed by atoms with van der Waals surface area (Å²) >= 11 is 5.88. The summed E-state index contributed by atoms with van der Waals surface area (Å²) in [5.41, 5.74) is 0.278. The van der Waals surface area contributed by atoms with Crippen LogP contribution in [0.3, 0.4) is 0 Å². The van der Waals surface area contributed by atoms with E-state index < -0.39 is 5.60 Å². The number of hydrogen-bond acceptors (Lipinski definition) is 2. The first-order chi connectivity index (χ1) is 8.37. The van der Waals surface area contributed by atoms with Crippen LogP contribution in [0.4, 0.5) is 0 Å². The van der Waals surface area contributed by atoms with Gasteiger partial charge in [0.05, 0.1) is 5.60 Å². The van der Waals surface area contributed by atoms with Crippen LogP contribution in [0.15, 0.2) is 24.3 Å². The largest absolute Gasteiger partial charge is 0.389 e. The maximum atomic E-state index is 11.5. The van der Waals surface area contributed by atoms with Gasteiger partial charge < -0.3 is 10.4 Å². The first-order valence-electron chi connectivity index (χ1n) is 6.10. The lowest BCUT2D eigenvalue weighted by molar-refractivity contribution is -0.122. The Bertz CT molecular complexity index is 399. The van der Waals surface area contributed by atoms with E-state index in [2.05, 4.69) is 5.32 Å². The summed E-state index contributed by atoms with van der Waals surface area (Å²) in [5.74, 6) is -0.0286. The molecule has 0 fully saturated rings. The van der Waals surface area contributed by atoms with E-state index in [1.807, 2.05) is 24.3 Å². The molecule has 0 radical (unpaired) electrons. The second-order valence-electron chi connectivity index (χ2n) is 5.07. The van der Waals surface area contributed by atoms with Crippen LogP contribution >= 0.6 is 11.6 Å². The van der Waals surface area contributed by atoms with E-state index >= 15 is 0 Å². The average molecular weight is 270 g/mol. The normalized spacial score (nSPS) is 11.3. The van der Waals surface area contributed by atoms with Crippen LogP contribution in [0, 0.1) is 0 Å². The zero-order valence-corrected chi connectivity index (χ0v) is 11.6. The molecular formula is C14H20ClNO2. The molecule has 4 heteroatoms. The van der Waals surface area contributed by atoms with Crippen LogP contribution < -0.4 is 5.32 Å². The van der Waals surface area contributed by atoms with Gasteiger partial charge in [-0.1, -0.05) is 23.7 Å². The Balaban J connectivity index is 2.23. The van der Waals surface area contributed by atoms with Gasteiger partial charge in [-0.25, -0.2) is 0 Å². The summed E-state index contributed by atoms with van der Waals surface area (Å²) in [6, 6.07) is 7.66. The molecular weight excluding hydrogens is 250 g/mol. The van der Waals surface area contributed by atoms with Crippen LogP contribution in [0.25, 0.3) is 0 Å². The standard InChI is InChI=1S/C14H20ClNO2/c1-14(2,18)10-16-13(17)8-4-6-11-5-3-7-12(15)9-11/h3,5,7,9,18H,4,6,8,10H2,1-2H3,(H,16,17). The SMILES string of the molecule is CC(C)(O)CNC(=O)CCCc1cccc(Cl)c1. The van der Waals surface area contributed by atoms with E-state index in [9.17, 15) is 9.90 Å². The van der Waals surface area contributed by atoms with E-state index in [1.54, 1.807) is 13.8 Å². The molecule has 1 aromatic rings. The number of hydrogen-bond donors (Lipinski definition) is 2. The summed E-state index contributed by atoms with van der Waals surface area (Å²) in [6.45, 7) is 3.61. The first kappa shape index (κ1) is 15.0. The molecule has 0 unspecified atom stereocenters. The second-order valence-corrected chi connectivity index (χ2v) is 5.51. The minimum absolute atomic E-state index is 0.0286. The quantitative estimate of drug-likeness (QED) is 0.834. The summed E-state index contributed by atoms with van der Waals surface area (Å²) in [7, 11) is 0. The lowest BCUT2D eigenvalue weighted by Crippen LogP contribution is -2.38. The summed E-state index contributed by atoms with van der Waals surface area (Å²) in [4.78, 5) is 11.5. The van der Waals surface area contributed by atoms with E-state index in [-0.39, 0.29) is 12.5 Å². The number of nitrogens with one attached hydrogen (secondary N) is 1. The van der Waals surface area contributed by atoms with Crippen LogP contribution in [0.5, 0.6) is 0 Å². The van der Waals surface area contributed by atoms with Gasteiger partial charge >= 0.3 is 0 Å². The number of halogens is 1.